The second-order valence-electron chi connectivity index (χ2n) is 5.08. The molecule has 0 heterocycles. The number of carboxylic acids is 1. The van der Waals surface area contributed by atoms with E-state index in [-0.39, 0.29) is 5.82 Å². The van der Waals surface area contributed by atoms with Gasteiger partial charge in [-0.1, -0.05) is 30.3 Å². The molecule has 1 N–H and O–H groups in total. The van der Waals surface area contributed by atoms with Gasteiger partial charge in [0.15, 0.2) is 0 Å². The number of benzene rings is 2. The van der Waals surface area contributed by atoms with Gasteiger partial charge in [-0.15, -0.1) is 0 Å². The molecule has 0 saturated heterocycles. The highest BCUT2D eigenvalue weighted by Crippen LogP contribution is 2.11. The molecule has 21 heavy (non-hydrogen) atoms. The van der Waals surface area contributed by atoms with E-state index in [4.69, 9.17) is 5.11 Å². The molecule has 2 aromatic rings. The number of hydrogen-bond acceptors (Lipinski definition) is 2. The van der Waals surface area contributed by atoms with Crippen molar-refractivity contribution in [2.45, 2.75) is 13.0 Å². The van der Waals surface area contributed by atoms with E-state index in [1.54, 1.807) is 24.3 Å². The number of carboxylic acid groups (broad SMARTS) is 1. The summed E-state index contributed by atoms with van der Waals surface area (Å²) in [5, 5.41) is 9.14. The van der Waals surface area contributed by atoms with Gasteiger partial charge in [-0.3, -0.25) is 0 Å². The molecule has 0 aromatic heterocycles. The van der Waals surface area contributed by atoms with Gasteiger partial charge in [0, 0.05) is 13.1 Å². The Morgan fingerprint density at radius 2 is 1.81 bits per heavy atom. The maximum absolute atomic E-state index is 12.8. The van der Waals surface area contributed by atoms with Gasteiger partial charge in [-0.2, -0.15) is 0 Å². The van der Waals surface area contributed by atoms with E-state index in [1.165, 1.54) is 12.1 Å². The molecule has 0 fully saturated rings. The summed E-state index contributed by atoms with van der Waals surface area (Å²) >= 11 is 0. The Morgan fingerprint density at radius 3 is 2.48 bits per heavy atom. The lowest BCUT2D eigenvalue weighted by Gasteiger charge is -2.17. The molecule has 4 heteroatoms. The summed E-state index contributed by atoms with van der Waals surface area (Å²) in [7, 11) is 1.97. The Labute approximate surface area is 123 Å². The molecule has 0 spiro atoms. The van der Waals surface area contributed by atoms with Crippen molar-refractivity contribution in [3.63, 3.8) is 0 Å². The van der Waals surface area contributed by atoms with Gasteiger partial charge in [-0.25, -0.2) is 9.18 Å². The number of rotatable bonds is 6. The van der Waals surface area contributed by atoms with Crippen LogP contribution in [-0.4, -0.2) is 29.6 Å². The Balaban J connectivity index is 1.93. The van der Waals surface area contributed by atoms with E-state index >= 15 is 0 Å². The maximum atomic E-state index is 12.8. The average molecular weight is 287 g/mol. The third-order valence-electron chi connectivity index (χ3n) is 3.38. The van der Waals surface area contributed by atoms with Crippen LogP contribution in [0.1, 0.15) is 21.5 Å². The van der Waals surface area contributed by atoms with Crippen LogP contribution >= 0.6 is 0 Å². The Kier molecular flexibility index (Phi) is 5.06. The van der Waals surface area contributed by atoms with Crippen molar-refractivity contribution < 1.29 is 14.3 Å². The van der Waals surface area contributed by atoms with Crippen LogP contribution in [0.3, 0.4) is 0 Å². The predicted octanol–water partition coefficient (Wildman–Crippen LogP) is 3.20. The monoisotopic (exact) mass is 287 g/mol. The topological polar surface area (TPSA) is 40.5 Å². The fourth-order valence-electron chi connectivity index (χ4n) is 2.24. The molecule has 2 aromatic carbocycles. The minimum Gasteiger partial charge on any atom is -0.478 e. The van der Waals surface area contributed by atoms with Crippen molar-refractivity contribution in [1.82, 2.24) is 4.90 Å². The fourth-order valence-corrected chi connectivity index (χ4v) is 2.24. The van der Waals surface area contributed by atoms with Crippen LogP contribution in [0.4, 0.5) is 4.39 Å². The lowest BCUT2D eigenvalue weighted by molar-refractivity contribution is 0.0695. The van der Waals surface area contributed by atoms with Crippen LogP contribution in [-0.2, 0) is 13.0 Å². The first-order chi connectivity index (χ1) is 10.1. The van der Waals surface area contributed by atoms with Crippen molar-refractivity contribution in [1.29, 1.82) is 0 Å². The molecule has 0 saturated carbocycles. The molecule has 0 aliphatic carbocycles. The zero-order valence-electron chi connectivity index (χ0n) is 11.9. The van der Waals surface area contributed by atoms with Crippen LogP contribution in [0.25, 0.3) is 0 Å². The van der Waals surface area contributed by atoms with Gasteiger partial charge in [-0.05, 0) is 42.8 Å². The summed E-state index contributed by atoms with van der Waals surface area (Å²) in [6.07, 6.45) is 0.667. The second kappa shape index (κ2) is 6.99. The molecular formula is C17H18FNO2. The third-order valence-corrected chi connectivity index (χ3v) is 3.38. The molecule has 0 radical (unpaired) electrons. The summed E-state index contributed by atoms with van der Waals surface area (Å²) in [6.45, 7) is 1.44. The summed E-state index contributed by atoms with van der Waals surface area (Å²) in [5.74, 6) is -1.14. The first-order valence-corrected chi connectivity index (χ1v) is 6.80. The minimum atomic E-state index is -0.896. The van der Waals surface area contributed by atoms with Gasteiger partial charge in [0.05, 0.1) is 5.56 Å². The van der Waals surface area contributed by atoms with E-state index < -0.39 is 5.97 Å². The zero-order valence-corrected chi connectivity index (χ0v) is 11.9. The maximum Gasteiger partial charge on any atom is 0.335 e. The predicted molar refractivity (Wildman–Crippen MR) is 79.8 cm³/mol. The standard InChI is InChI=1S/C17H18FNO2/c1-19(12-13-6-8-15(18)9-7-13)11-10-14-4-2-3-5-16(14)17(20)21/h2-9H,10-12H2,1H3,(H,20,21). The van der Waals surface area contributed by atoms with Crippen molar-refractivity contribution in [3.05, 3.63) is 71.0 Å². The molecule has 0 aliphatic heterocycles. The van der Waals surface area contributed by atoms with E-state index in [0.29, 0.717) is 18.5 Å². The van der Waals surface area contributed by atoms with Crippen molar-refractivity contribution >= 4 is 5.97 Å². The van der Waals surface area contributed by atoms with Gasteiger partial charge < -0.3 is 10.0 Å². The number of nitrogens with zero attached hydrogens (tertiary/aromatic N) is 1. The van der Waals surface area contributed by atoms with Crippen LogP contribution < -0.4 is 0 Å². The summed E-state index contributed by atoms with van der Waals surface area (Å²) < 4.78 is 12.8. The molecule has 110 valence electrons. The van der Waals surface area contributed by atoms with Crippen molar-refractivity contribution in [3.8, 4) is 0 Å². The molecule has 0 amide bonds. The highest BCUT2D eigenvalue weighted by Gasteiger charge is 2.09. The summed E-state index contributed by atoms with van der Waals surface area (Å²) in [4.78, 5) is 13.2. The molecular weight excluding hydrogens is 269 g/mol. The number of aromatic carboxylic acids is 1. The van der Waals surface area contributed by atoms with E-state index in [1.807, 2.05) is 19.2 Å². The van der Waals surface area contributed by atoms with Crippen LogP contribution in [0, 0.1) is 5.82 Å². The fraction of sp³-hybridized carbons (Fsp3) is 0.235. The van der Waals surface area contributed by atoms with Crippen LogP contribution in [0.15, 0.2) is 48.5 Å². The highest BCUT2D eigenvalue weighted by molar-refractivity contribution is 5.89. The van der Waals surface area contributed by atoms with E-state index in [9.17, 15) is 9.18 Å². The Bertz CT molecular complexity index is 610. The van der Waals surface area contributed by atoms with Crippen molar-refractivity contribution in [2.75, 3.05) is 13.6 Å². The number of hydrogen-bond donors (Lipinski definition) is 1. The first kappa shape index (κ1) is 15.2. The lowest BCUT2D eigenvalue weighted by atomic mass is 10.0. The minimum absolute atomic E-state index is 0.239. The number of halogens is 1. The lowest BCUT2D eigenvalue weighted by Crippen LogP contribution is -2.21. The quantitative estimate of drug-likeness (QED) is 0.887. The van der Waals surface area contributed by atoms with E-state index in [0.717, 1.165) is 17.7 Å². The normalized spacial score (nSPS) is 10.8. The Morgan fingerprint density at radius 1 is 1.14 bits per heavy atom. The number of likely N-dealkylation sites (N-methyl/N-ethyl adjacent to an activating group) is 1. The second-order valence-corrected chi connectivity index (χ2v) is 5.08. The smallest absolute Gasteiger partial charge is 0.335 e. The van der Waals surface area contributed by atoms with Crippen molar-refractivity contribution in [2.24, 2.45) is 0 Å². The third kappa shape index (κ3) is 4.39. The average Bonchev–Trinajstić information content (AvgIpc) is 2.48. The molecule has 0 atom stereocenters. The highest BCUT2D eigenvalue weighted by atomic mass is 19.1. The largest absolute Gasteiger partial charge is 0.478 e. The first-order valence-electron chi connectivity index (χ1n) is 6.80. The molecule has 0 aliphatic rings. The zero-order chi connectivity index (χ0) is 15.2. The van der Waals surface area contributed by atoms with Gasteiger partial charge in [0.25, 0.3) is 0 Å². The number of carbonyl (C=O) groups is 1. The van der Waals surface area contributed by atoms with E-state index in [2.05, 4.69) is 4.90 Å². The van der Waals surface area contributed by atoms with Crippen LogP contribution in [0.5, 0.6) is 0 Å². The SMILES string of the molecule is CN(CCc1ccccc1C(=O)O)Cc1ccc(F)cc1. The van der Waals surface area contributed by atoms with Gasteiger partial charge >= 0.3 is 5.97 Å². The van der Waals surface area contributed by atoms with Crippen LogP contribution in [0.2, 0.25) is 0 Å². The molecule has 3 nitrogen and oxygen atoms in total. The van der Waals surface area contributed by atoms with Gasteiger partial charge in [0.1, 0.15) is 5.82 Å². The molecule has 2 rings (SSSR count). The summed E-state index contributed by atoms with van der Waals surface area (Å²) in [5.41, 5.74) is 2.22. The molecule has 0 unspecified atom stereocenters. The van der Waals surface area contributed by atoms with Gasteiger partial charge in [0.2, 0.25) is 0 Å². The molecule has 0 bridgehead atoms. The summed E-state index contributed by atoms with van der Waals surface area (Å²) in [6, 6.07) is 13.5. The Hall–Kier alpha value is -2.20.